The number of benzene rings is 1. The molecule has 0 amide bonds. The lowest BCUT2D eigenvalue weighted by Gasteiger charge is -2.07. The summed E-state index contributed by atoms with van der Waals surface area (Å²) in [5.74, 6) is 0.708. The molecule has 0 unspecified atom stereocenters. The van der Waals surface area contributed by atoms with Crippen LogP contribution in [0.1, 0.15) is 0 Å². The van der Waals surface area contributed by atoms with Crippen LogP contribution in [0.3, 0.4) is 0 Å². The molecule has 0 aliphatic rings. The predicted octanol–water partition coefficient (Wildman–Crippen LogP) is 3.00. The maximum absolute atomic E-state index is 12.2. The van der Waals surface area contributed by atoms with Crippen molar-refractivity contribution in [2.45, 2.75) is 4.21 Å². The molecule has 1 N–H and O–H groups in total. The Labute approximate surface area is 136 Å². The number of aryl methyl sites for hydroxylation is 1. The Bertz CT molecular complexity index is 900. The van der Waals surface area contributed by atoms with Gasteiger partial charge in [-0.1, -0.05) is 11.6 Å². The standard InChI is InChI=1S/C13H11ClN4O2S2/c1-18-8-15-16-13(18)9-2-4-10(5-3-9)17-22(19,20)12-7-6-11(14)21-12/h2-8,17H,1H3. The van der Waals surface area contributed by atoms with Gasteiger partial charge in [-0.3, -0.25) is 4.72 Å². The first-order valence-corrected chi connectivity index (χ1v) is 8.86. The van der Waals surface area contributed by atoms with Crippen molar-refractivity contribution in [3.8, 4) is 11.4 Å². The van der Waals surface area contributed by atoms with Crippen molar-refractivity contribution >= 4 is 38.6 Å². The Balaban J connectivity index is 1.84. The SMILES string of the molecule is Cn1cnnc1-c1ccc(NS(=O)(=O)c2ccc(Cl)s2)cc1. The van der Waals surface area contributed by atoms with Crippen LogP contribution >= 0.6 is 22.9 Å². The summed E-state index contributed by atoms with van der Waals surface area (Å²) in [7, 11) is -1.78. The number of sulfonamides is 1. The molecule has 2 heterocycles. The lowest BCUT2D eigenvalue weighted by Crippen LogP contribution is -2.11. The van der Waals surface area contributed by atoms with E-state index in [1.54, 1.807) is 41.2 Å². The zero-order valence-electron chi connectivity index (χ0n) is 11.4. The van der Waals surface area contributed by atoms with Crippen LogP contribution in [0.25, 0.3) is 11.4 Å². The number of thiophene rings is 1. The highest BCUT2D eigenvalue weighted by Crippen LogP contribution is 2.27. The van der Waals surface area contributed by atoms with Crippen LogP contribution in [-0.2, 0) is 17.1 Å². The topological polar surface area (TPSA) is 76.9 Å². The summed E-state index contributed by atoms with van der Waals surface area (Å²) in [6.07, 6.45) is 1.60. The first-order valence-electron chi connectivity index (χ1n) is 6.18. The summed E-state index contributed by atoms with van der Waals surface area (Å²) in [4.78, 5) is 0. The average molecular weight is 355 g/mol. The summed E-state index contributed by atoms with van der Waals surface area (Å²) < 4.78 is 29.3. The molecule has 0 radical (unpaired) electrons. The van der Waals surface area contributed by atoms with E-state index in [4.69, 9.17) is 11.6 Å². The molecule has 0 aliphatic heterocycles. The summed E-state index contributed by atoms with van der Waals surface area (Å²) >= 11 is 6.78. The van der Waals surface area contributed by atoms with Crippen molar-refractivity contribution in [2.75, 3.05) is 4.72 Å². The average Bonchev–Trinajstić information content (AvgIpc) is 3.08. The highest BCUT2D eigenvalue weighted by Gasteiger charge is 2.16. The molecule has 114 valence electrons. The van der Waals surface area contributed by atoms with Gasteiger partial charge in [-0.15, -0.1) is 21.5 Å². The van der Waals surface area contributed by atoms with Gasteiger partial charge < -0.3 is 4.57 Å². The van der Waals surface area contributed by atoms with Crippen molar-refractivity contribution in [2.24, 2.45) is 7.05 Å². The third-order valence-electron chi connectivity index (χ3n) is 2.92. The van der Waals surface area contributed by atoms with Gasteiger partial charge in [0.1, 0.15) is 10.5 Å². The molecule has 0 spiro atoms. The Morgan fingerprint density at radius 2 is 1.91 bits per heavy atom. The Hall–Kier alpha value is -1.90. The maximum atomic E-state index is 12.2. The highest BCUT2D eigenvalue weighted by atomic mass is 35.5. The van der Waals surface area contributed by atoms with Gasteiger partial charge in [0.15, 0.2) is 5.82 Å². The quantitative estimate of drug-likeness (QED) is 0.781. The van der Waals surface area contributed by atoms with E-state index >= 15 is 0 Å². The van der Waals surface area contributed by atoms with E-state index in [1.807, 2.05) is 7.05 Å². The third kappa shape index (κ3) is 2.99. The third-order valence-corrected chi connectivity index (χ3v) is 6.02. The highest BCUT2D eigenvalue weighted by molar-refractivity contribution is 7.94. The number of anilines is 1. The zero-order chi connectivity index (χ0) is 15.7. The van der Waals surface area contributed by atoms with Gasteiger partial charge in [0.2, 0.25) is 0 Å². The van der Waals surface area contributed by atoms with Crippen LogP contribution in [0.4, 0.5) is 5.69 Å². The molecule has 0 saturated carbocycles. The number of hydrogen-bond acceptors (Lipinski definition) is 5. The summed E-state index contributed by atoms with van der Waals surface area (Å²) in [5.41, 5.74) is 1.32. The van der Waals surface area contributed by atoms with Crippen molar-refractivity contribution < 1.29 is 8.42 Å². The van der Waals surface area contributed by atoms with E-state index in [1.165, 1.54) is 6.07 Å². The smallest absolute Gasteiger partial charge is 0.271 e. The normalized spacial score (nSPS) is 11.5. The molecule has 3 rings (SSSR count). The zero-order valence-corrected chi connectivity index (χ0v) is 13.8. The van der Waals surface area contributed by atoms with Gasteiger partial charge in [-0.2, -0.15) is 0 Å². The predicted molar refractivity (Wildman–Crippen MR) is 86.6 cm³/mol. The first-order chi connectivity index (χ1) is 10.5. The van der Waals surface area contributed by atoms with E-state index in [0.717, 1.165) is 16.9 Å². The van der Waals surface area contributed by atoms with Gasteiger partial charge in [0.25, 0.3) is 10.0 Å². The van der Waals surface area contributed by atoms with Crippen LogP contribution in [-0.4, -0.2) is 23.2 Å². The number of nitrogens with zero attached hydrogens (tertiary/aromatic N) is 3. The maximum Gasteiger partial charge on any atom is 0.271 e. The molecule has 0 atom stereocenters. The van der Waals surface area contributed by atoms with Crippen molar-refractivity contribution in [1.29, 1.82) is 0 Å². The van der Waals surface area contributed by atoms with Crippen molar-refractivity contribution in [3.05, 3.63) is 47.1 Å². The Kier molecular flexibility index (Phi) is 3.90. The van der Waals surface area contributed by atoms with Gasteiger partial charge in [0, 0.05) is 18.3 Å². The van der Waals surface area contributed by atoms with Gasteiger partial charge >= 0.3 is 0 Å². The fourth-order valence-corrected chi connectivity index (χ4v) is 4.42. The van der Waals surface area contributed by atoms with Crippen LogP contribution in [0.2, 0.25) is 4.34 Å². The second kappa shape index (κ2) is 5.71. The fraction of sp³-hybridized carbons (Fsp3) is 0.0769. The van der Waals surface area contributed by atoms with Crippen LogP contribution in [0, 0.1) is 0 Å². The van der Waals surface area contributed by atoms with Crippen LogP contribution < -0.4 is 4.72 Å². The number of rotatable bonds is 4. The number of aromatic nitrogens is 3. The Morgan fingerprint density at radius 1 is 1.18 bits per heavy atom. The van der Waals surface area contributed by atoms with E-state index in [0.29, 0.717) is 15.8 Å². The summed E-state index contributed by atoms with van der Waals surface area (Å²) in [5, 5.41) is 7.81. The lowest BCUT2D eigenvalue weighted by molar-refractivity contribution is 0.603. The summed E-state index contributed by atoms with van der Waals surface area (Å²) in [6, 6.07) is 9.95. The van der Waals surface area contributed by atoms with Crippen molar-refractivity contribution in [3.63, 3.8) is 0 Å². The van der Waals surface area contributed by atoms with Crippen LogP contribution in [0.5, 0.6) is 0 Å². The minimum absolute atomic E-state index is 0.176. The lowest BCUT2D eigenvalue weighted by atomic mass is 10.2. The summed E-state index contributed by atoms with van der Waals surface area (Å²) in [6.45, 7) is 0. The minimum atomic E-state index is -3.62. The monoisotopic (exact) mass is 354 g/mol. The molecule has 6 nitrogen and oxygen atoms in total. The second-order valence-corrected chi connectivity index (χ2v) is 8.13. The number of hydrogen-bond donors (Lipinski definition) is 1. The molecule has 2 aromatic heterocycles. The van der Waals surface area contributed by atoms with Gasteiger partial charge in [0.05, 0.1) is 4.34 Å². The van der Waals surface area contributed by atoms with E-state index in [2.05, 4.69) is 14.9 Å². The molecule has 1 aromatic carbocycles. The molecule has 0 saturated heterocycles. The second-order valence-electron chi connectivity index (χ2n) is 4.51. The van der Waals surface area contributed by atoms with Gasteiger partial charge in [-0.05, 0) is 36.4 Å². The molecule has 22 heavy (non-hydrogen) atoms. The molecule has 3 aromatic rings. The van der Waals surface area contributed by atoms with E-state index < -0.39 is 10.0 Å². The number of nitrogens with one attached hydrogen (secondary N) is 1. The molecular weight excluding hydrogens is 344 g/mol. The number of halogens is 1. The fourth-order valence-electron chi connectivity index (χ4n) is 1.88. The van der Waals surface area contributed by atoms with E-state index in [9.17, 15) is 8.42 Å². The molecule has 9 heteroatoms. The van der Waals surface area contributed by atoms with Crippen molar-refractivity contribution in [1.82, 2.24) is 14.8 Å². The van der Waals surface area contributed by atoms with E-state index in [-0.39, 0.29) is 4.21 Å². The molecular formula is C13H11ClN4O2S2. The Morgan fingerprint density at radius 3 is 2.45 bits per heavy atom. The minimum Gasteiger partial charge on any atom is -0.317 e. The molecule has 0 bridgehead atoms. The molecule has 0 aliphatic carbocycles. The van der Waals surface area contributed by atoms with Crippen LogP contribution in [0.15, 0.2) is 46.9 Å². The first kappa shape index (κ1) is 15.0. The van der Waals surface area contributed by atoms with Gasteiger partial charge in [-0.25, -0.2) is 8.42 Å². The molecule has 0 fully saturated rings. The largest absolute Gasteiger partial charge is 0.317 e.